The van der Waals surface area contributed by atoms with Gasteiger partial charge in [0.05, 0.1) is 12.6 Å². The van der Waals surface area contributed by atoms with Gasteiger partial charge in [-0.2, -0.15) is 0 Å². The van der Waals surface area contributed by atoms with Crippen molar-refractivity contribution in [2.75, 3.05) is 19.8 Å². The Hall–Kier alpha value is -1.30. The first-order chi connectivity index (χ1) is 10.1. The molecule has 1 saturated heterocycles. The molecule has 0 aliphatic carbocycles. The normalized spacial score (nSPS) is 21.0. The maximum absolute atomic E-state index is 11.6. The molecule has 1 aliphatic heterocycles. The first-order valence-electron chi connectivity index (χ1n) is 8.05. The molecule has 6 nitrogen and oxygen atoms in total. The number of unbranched alkanes of at least 4 members (excludes halogenated alkanes) is 2. The molecule has 0 bridgehead atoms. The van der Waals surface area contributed by atoms with Crippen molar-refractivity contribution in [3.8, 4) is 0 Å². The number of carbonyl (C=O) groups is 2. The molecule has 0 aromatic heterocycles. The van der Waals surface area contributed by atoms with Crippen LogP contribution >= 0.6 is 0 Å². The highest BCUT2D eigenvalue weighted by Gasteiger charge is 2.26. The summed E-state index contributed by atoms with van der Waals surface area (Å²) < 4.78 is 5.30. The second-order valence-electron chi connectivity index (χ2n) is 5.57. The van der Waals surface area contributed by atoms with Crippen LogP contribution in [0, 0.1) is 0 Å². The van der Waals surface area contributed by atoms with Gasteiger partial charge in [-0.05, 0) is 26.2 Å². The summed E-state index contributed by atoms with van der Waals surface area (Å²) >= 11 is 0. The van der Waals surface area contributed by atoms with Gasteiger partial charge in [0, 0.05) is 25.6 Å². The van der Waals surface area contributed by atoms with Crippen LogP contribution in [-0.2, 0) is 9.53 Å². The van der Waals surface area contributed by atoms with Crippen molar-refractivity contribution in [2.24, 2.45) is 0 Å². The zero-order valence-electron chi connectivity index (χ0n) is 13.2. The smallest absolute Gasteiger partial charge is 0.315 e. The number of ether oxygens (including phenoxy) is 1. The van der Waals surface area contributed by atoms with E-state index in [-0.39, 0.29) is 24.0 Å². The number of hydrogen-bond acceptors (Lipinski definition) is 3. The van der Waals surface area contributed by atoms with Gasteiger partial charge in [0.25, 0.3) is 0 Å². The van der Waals surface area contributed by atoms with Gasteiger partial charge in [-0.3, -0.25) is 4.79 Å². The van der Waals surface area contributed by atoms with Gasteiger partial charge in [-0.25, -0.2) is 4.79 Å². The lowest BCUT2D eigenvalue weighted by atomic mass is 10.0. The number of hydrogen-bond donors (Lipinski definition) is 3. The molecule has 122 valence electrons. The highest BCUT2D eigenvalue weighted by molar-refractivity contribution is 5.77. The fraction of sp³-hybridized carbons (Fsp3) is 0.867. The lowest BCUT2D eigenvalue weighted by Crippen LogP contribution is -2.30. The highest BCUT2D eigenvalue weighted by atomic mass is 16.5. The Morgan fingerprint density at radius 3 is 2.71 bits per heavy atom. The van der Waals surface area contributed by atoms with E-state index in [1.54, 1.807) is 0 Å². The summed E-state index contributed by atoms with van der Waals surface area (Å²) in [5.41, 5.74) is 0. The molecular formula is C15H29N3O3. The van der Waals surface area contributed by atoms with Gasteiger partial charge >= 0.3 is 6.03 Å². The predicted octanol–water partition coefficient (Wildman–Crippen LogP) is 1.55. The molecule has 0 spiro atoms. The second-order valence-corrected chi connectivity index (χ2v) is 5.57. The van der Waals surface area contributed by atoms with E-state index in [9.17, 15) is 9.59 Å². The number of urea groups is 1. The van der Waals surface area contributed by atoms with E-state index in [4.69, 9.17) is 4.74 Å². The summed E-state index contributed by atoms with van der Waals surface area (Å²) in [6, 6.07) is 0.350. The predicted molar refractivity (Wildman–Crippen MR) is 82.1 cm³/mol. The molecule has 1 fully saturated rings. The molecule has 0 saturated carbocycles. The van der Waals surface area contributed by atoms with Crippen molar-refractivity contribution < 1.29 is 14.3 Å². The van der Waals surface area contributed by atoms with Crippen LogP contribution in [0.25, 0.3) is 0 Å². The lowest BCUT2D eigenvalue weighted by Gasteiger charge is -2.13. The molecule has 21 heavy (non-hydrogen) atoms. The lowest BCUT2D eigenvalue weighted by molar-refractivity contribution is -0.121. The molecule has 0 unspecified atom stereocenters. The summed E-state index contributed by atoms with van der Waals surface area (Å²) in [5.74, 6) is 0.0966. The average molecular weight is 299 g/mol. The molecule has 6 heteroatoms. The monoisotopic (exact) mass is 299 g/mol. The average Bonchev–Trinajstić information content (AvgIpc) is 2.76. The molecule has 0 aromatic rings. The van der Waals surface area contributed by atoms with Gasteiger partial charge in [0.1, 0.15) is 0 Å². The number of nitrogens with one attached hydrogen (secondary N) is 3. The van der Waals surface area contributed by atoms with Gasteiger partial charge in [0.2, 0.25) is 5.91 Å². The first kappa shape index (κ1) is 17.8. The number of carbonyl (C=O) groups excluding carboxylic acids is 2. The molecule has 1 aliphatic rings. The number of rotatable bonds is 11. The summed E-state index contributed by atoms with van der Waals surface area (Å²) in [6.45, 7) is 6.01. The van der Waals surface area contributed by atoms with E-state index >= 15 is 0 Å². The topological polar surface area (TPSA) is 79.5 Å². The summed E-state index contributed by atoms with van der Waals surface area (Å²) in [4.78, 5) is 22.7. The minimum absolute atomic E-state index is 0.0721. The fourth-order valence-corrected chi connectivity index (χ4v) is 2.39. The van der Waals surface area contributed by atoms with Crippen molar-refractivity contribution in [2.45, 2.75) is 64.5 Å². The molecule has 0 aromatic carbocycles. The minimum atomic E-state index is -0.0721. The third-order valence-corrected chi connectivity index (χ3v) is 3.61. The zero-order chi connectivity index (χ0) is 15.5. The molecular weight excluding hydrogens is 270 g/mol. The minimum Gasteiger partial charge on any atom is -0.380 e. The second kappa shape index (κ2) is 10.4. The maximum atomic E-state index is 11.6. The van der Waals surface area contributed by atoms with Gasteiger partial charge in [-0.1, -0.05) is 19.8 Å². The van der Waals surface area contributed by atoms with Crippen LogP contribution in [-0.4, -0.2) is 43.8 Å². The van der Waals surface area contributed by atoms with Crippen molar-refractivity contribution in [3.63, 3.8) is 0 Å². The van der Waals surface area contributed by atoms with E-state index in [1.165, 1.54) is 0 Å². The third kappa shape index (κ3) is 7.90. The van der Waals surface area contributed by atoms with Crippen molar-refractivity contribution in [1.82, 2.24) is 16.0 Å². The van der Waals surface area contributed by atoms with Crippen LogP contribution in [0.3, 0.4) is 0 Å². The van der Waals surface area contributed by atoms with Crippen LogP contribution in [0.15, 0.2) is 0 Å². The molecule has 2 atom stereocenters. The Morgan fingerprint density at radius 2 is 2.05 bits per heavy atom. The quantitative estimate of drug-likeness (QED) is 0.506. The van der Waals surface area contributed by atoms with Crippen molar-refractivity contribution in [1.29, 1.82) is 0 Å². The standard InChI is InChI=1S/C15H29N3O3/c1-3-10-21-11-9-16-14(19)8-6-4-5-7-13-12(2)17-15(20)18-13/h12-13H,3-11H2,1-2H3,(H,16,19)(H2,17,18,20)/t12-,13+/m1/s1. The van der Waals surface area contributed by atoms with Gasteiger partial charge in [0.15, 0.2) is 0 Å². The number of amides is 3. The summed E-state index contributed by atoms with van der Waals surface area (Å²) in [6.07, 6.45) is 5.47. The summed E-state index contributed by atoms with van der Waals surface area (Å²) in [7, 11) is 0. The first-order valence-corrected chi connectivity index (χ1v) is 8.05. The largest absolute Gasteiger partial charge is 0.380 e. The summed E-state index contributed by atoms with van der Waals surface area (Å²) in [5, 5.41) is 8.60. The molecule has 1 rings (SSSR count). The van der Waals surface area contributed by atoms with E-state index in [2.05, 4.69) is 22.9 Å². The van der Waals surface area contributed by atoms with Crippen molar-refractivity contribution in [3.05, 3.63) is 0 Å². The van der Waals surface area contributed by atoms with E-state index in [0.717, 1.165) is 38.7 Å². The Labute approximate surface area is 127 Å². The maximum Gasteiger partial charge on any atom is 0.315 e. The van der Waals surface area contributed by atoms with Crippen LogP contribution in [0.2, 0.25) is 0 Å². The van der Waals surface area contributed by atoms with Gasteiger partial charge in [-0.15, -0.1) is 0 Å². The molecule has 0 radical (unpaired) electrons. The fourth-order valence-electron chi connectivity index (χ4n) is 2.39. The molecule has 1 heterocycles. The Kier molecular flexibility index (Phi) is 8.82. The van der Waals surface area contributed by atoms with E-state index in [1.807, 2.05) is 6.92 Å². The van der Waals surface area contributed by atoms with Crippen molar-refractivity contribution >= 4 is 11.9 Å². The Morgan fingerprint density at radius 1 is 1.24 bits per heavy atom. The van der Waals surface area contributed by atoms with Crippen LogP contribution in [0.5, 0.6) is 0 Å². The third-order valence-electron chi connectivity index (χ3n) is 3.61. The van der Waals surface area contributed by atoms with Crippen LogP contribution in [0.1, 0.15) is 52.4 Å². The van der Waals surface area contributed by atoms with E-state index < -0.39 is 0 Å². The van der Waals surface area contributed by atoms with Gasteiger partial charge < -0.3 is 20.7 Å². The SMILES string of the molecule is CCCOCCNC(=O)CCCCC[C@@H]1NC(=O)N[C@@H]1C. The Bertz CT molecular complexity index is 323. The molecule has 3 amide bonds. The Balaban J connectivity index is 1.91. The van der Waals surface area contributed by atoms with Crippen LogP contribution < -0.4 is 16.0 Å². The highest BCUT2D eigenvalue weighted by Crippen LogP contribution is 2.11. The molecule has 3 N–H and O–H groups in total. The van der Waals surface area contributed by atoms with E-state index in [0.29, 0.717) is 19.6 Å². The van der Waals surface area contributed by atoms with Crippen LogP contribution in [0.4, 0.5) is 4.79 Å². The zero-order valence-corrected chi connectivity index (χ0v) is 13.2.